The molecule has 1 aromatic rings. The standard InChI is InChI=1S/C23H30O4/c1-16-8-9-18-20-19(27-21(25)23(16,20)12-13-24)10-11-22(18,2)15-26-14-17-6-4-3-5-7-17/h3-7,9,16,19-20,24H,8,10-15H2,1-2H3/t16-,19-,20+,22+,23+/m1/s1. The molecule has 1 aromatic carbocycles. The van der Waals surface area contributed by atoms with E-state index in [4.69, 9.17) is 9.47 Å². The highest BCUT2D eigenvalue weighted by atomic mass is 16.6. The maximum absolute atomic E-state index is 12.9. The first-order valence-corrected chi connectivity index (χ1v) is 10.2. The summed E-state index contributed by atoms with van der Waals surface area (Å²) in [6, 6.07) is 10.2. The van der Waals surface area contributed by atoms with Crippen LogP contribution in [0, 0.1) is 22.7 Å². The molecule has 1 saturated heterocycles. The van der Waals surface area contributed by atoms with Gasteiger partial charge in [0.1, 0.15) is 6.10 Å². The molecule has 3 aliphatic rings. The summed E-state index contributed by atoms with van der Waals surface area (Å²) in [7, 11) is 0. The number of carbonyl (C=O) groups excluding carboxylic acids is 1. The average Bonchev–Trinajstić information content (AvgIpc) is 2.95. The minimum Gasteiger partial charge on any atom is -0.461 e. The van der Waals surface area contributed by atoms with Gasteiger partial charge in [-0.3, -0.25) is 4.79 Å². The van der Waals surface area contributed by atoms with E-state index < -0.39 is 5.41 Å². The monoisotopic (exact) mass is 370 g/mol. The van der Waals surface area contributed by atoms with Crippen LogP contribution >= 0.6 is 0 Å². The molecule has 2 fully saturated rings. The van der Waals surface area contributed by atoms with E-state index >= 15 is 0 Å². The van der Waals surface area contributed by atoms with Crippen LogP contribution in [-0.4, -0.2) is 30.4 Å². The molecule has 0 unspecified atom stereocenters. The van der Waals surface area contributed by atoms with Gasteiger partial charge in [0.2, 0.25) is 0 Å². The highest BCUT2D eigenvalue weighted by Crippen LogP contribution is 2.62. The molecule has 1 heterocycles. The number of carbonyl (C=O) groups is 1. The fraction of sp³-hybridized carbons (Fsp3) is 0.609. The molecular formula is C23H30O4. The fourth-order valence-electron chi connectivity index (χ4n) is 5.67. The Morgan fingerprint density at radius 2 is 2.07 bits per heavy atom. The quantitative estimate of drug-likeness (QED) is 0.610. The fourth-order valence-corrected chi connectivity index (χ4v) is 5.67. The lowest BCUT2D eigenvalue weighted by Crippen LogP contribution is -2.50. The number of hydrogen-bond donors (Lipinski definition) is 1. The van der Waals surface area contributed by atoms with Crippen molar-refractivity contribution in [1.29, 1.82) is 0 Å². The van der Waals surface area contributed by atoms with Crippen molar-refractivity contribution >= 4 is 5.97 Å². The summed E-state index contributed by atoms with van der Waals surface area (Å²) in [6.07, 6.45) is 5.49. The van der Waals surface area contributed by atoms with Crippen molar-refractivity contribution in [2.45, 2.75) is 52.2 Å². The number of benzene rings is 1. The van der Waals surface area contributed by atoms with Crippen molar-refractivity contribution in [2.24, 2.45) is 22.7 Å². The van der Waals surface area contributed by atoms with Gasteiger partial charge < -0.3 is 14.6 Å². The van der Waals surface area contributed by atoms with Crippen LogP contribution < -0.4 is 0 Å². The molecule has 1 aliphatic heterocycles. The molecule has 4 nitrogen and oxygen atoms in total. The van der Waals surface area contributed by atoms with Gasteiger partial charge in [0.05, 0.1) is 18.6 Å². The molecule has 5 atom stereocenters. The van der Waals surface area contributed by atoms with Crippen molar-refractivity contribution in [1.82, 2.24) is 0 Å². The van der Waals surface area contributed by atoms with E-state index in [0.29, 0.717) is 19.6 Å². The predicted octanol–water partition coefficient (Wildman–Crippen LogP) is 3.88. The van der Waals surface area contributed by atoms with E-state index in [0.717, 1.165) is 19.3 Å². The van der Waals surface area contributed by atoms with Crippen LogP contribution in [0.2, 0.25) is 0 Å². The zero-order valence-electron chi connectivity index (χ0n) is 16.3. The topological polar surface area (TPSA) is 55.8 Å². The Hall–Kier alpha value is -1.65. The first-order valence-electron chi connectivity index (χ1n) is 10.2. The van der Waals surface area contributed by atoms with E-state index in [9.17, 15) is 9.90 Å². The van der Waals surface area contributed by atoms with Crippen LogP contribution in [0.15, 0.2) is 42.0 Å². The summed E-state index contributed by atoms with van der Waals surface area (Å²) >= 11 is 0. The molecule has 4 rings (SSSR count). The molecule has 27 heavy (non-hydrogen) atoms. The summed E-state index contributed by atoms with van der Waals surface area (Å²) in [4.78, 5) is 12.9. The van der Waals surface area contributed by atoms with Crippen LogP contribution in [0.25, 0.3) is 0 Å². The third-order valence-corrected chi connectivity index (χ3v) is 7.21. The zero-order valence-corrected chi connectivity index (χ0v) is 16.3. The maximum atomic E-state index is 12.9. The summed E-state index contributed by atoms with van der Waals surface area (Å²) in [5.74, 6) is 0.183. The first-order chi connectivity index (χ1) is 13.0. The number of aliphatic hydroxyl groups excluding tert-OH is 1. The van der Waals surface area contributed by atoms with Crippen LogP contribution in [0.1, 0.15) is 45.1 Å². The number of ether oxygens (including phenoxy) is 2. The smallest absolute Gasteiger partial charge is 0.313 e. The summed E-state index contributed by atoms with van der Waals surface area (Å²) in [5.41, 5.74) is 1.86. The van der Waals surface area contributed by atoms with Crippen molar-refractivity contribution in [2.75, 3.05) is 13.2 Å². The lowest BCUT2D eigenvalue weighted by Gasteiger charge is -2.50. The van der Waals surface area contributed by atoms with Gasteiger partial charge in [0, 0.05) is 17.9 Å². The lowest BCUT2D eigenvalue weighted by molar-refractivity contribution is -0.152. The molecule has 4 heteroatoms. The van der Waals surface area contributed by atoms with Crippen molar-refractivity contribution in [3.63, 3.8) is 0 Å². The minimum absolute atomic E-state index is 0.0250. The number of aliphatic hydroxyl groups is 1. The Morgan fingerprint density at radius 3 is 2.81 bits per heavy atom. The summed E-state index contributed by atoms with van der Waals surface area (Å²) in [5, 5.41) is 9.70. The molecule has 0 spiro atoms. The number of rotatable bonds is 6. The minimum atomic E-state index is -0.565. The molecule has 1 N–H and O–H groups in total. The van der Waals surface area contributed by atoms with Gasteiger partial charge in [0.25, 0.3) is 0 Å². The van der Waals surface area contributed by atoms with Crippen LogP contribution in [-0.2, 0) is 20.9 Å². The normalized spacial score (nSPS) is 37.5. The summed E-state index contributed by atoms with van der Waals surface area (Å²) in [6.45, 7) is 5.67. The third kappa shape index (κ3) is 2.94. The largest absolute Gasteiger partial charge is 0.461 e. The van der Waals surface area contributed by atoms with E-state index in [1.807, 2.05) is 18.2 Å². The van der Waals surface area contributed by atoms with Crippen LogP contribution in [0.5, 0.6) is 0 Å². The number of hydrogen-bond acceptors (Lipinski definition) is 4. The second-order valence-electron chi connectivity index (χ2n) is 8.81. The van der Waals surface area contributed by atoms with Gasteiger partial charge in [-0.25, -0.2) is 0 Å². The Bertz CT molecular complexity index is 727. The first kappa shape index (κ1) is 18.7. The van der Waals surface area contributed by atoms with Gasteiger partial charge in [-0.05, 0) is 37.2 Å². The highest BCUT2D eigenvalue weighted by Gasteiger charge is 2.65. The SMILES string of the molecule is C[C@@H]1CC=C2[C@H]3[C@@H](CC[C@@]2(C)COCc2ccccc2)OC(=O)[C@@]13CCO. The molecule has 0 aromatic heterocycles. The zero-order chi connectivity index (χ0) is 19.1. The van der Waals surface area contributed by atoms with E-state index in [-0.39, 0.29) is 35.9 Å². The van der Waals surface area contributed by atoms with Gasteiger partial charge in [-0.1, -0.05) is 55.8 Å². The second-order valence-corrected chi connectivity index (χ2v) is 8.81. The van der Waals surface area contributed by atoms with Gasteiger partial charge in [0.15, 0.2) is 0 Å². The van der Waals surface area contributed by atoms with Gasteiger partial charge in [-0.2, -0.15) is 0 Å². The lowest BCUT2D eigenvalue weighted by atomic mass is 9.51. The molecule has 0 bridgehead atoms. The van der Waals surface area contributed by atoms with Crippen LogP contribution in [0.4, 0.5) is 0 Å². The second kappa shape index (κ2) is 7.06. The van der Waals surface area contributed by atoms with Crippen molar-refractivity contribution in [3.8, 4) is 0 Å². The van der Waals surface area contributed by atoms with Gasteiger partial charge >= 0.3 is 5.97 Å². The van der Waals surface area contributed by atoms with Gasteiger partial charge in [-0.15, -0.1) is 0 Å². The average molecular weight is 370 g/mol. The Labute approximate surface area is 161 Å². The number of allylic oxidation sites excluding steroid dienone is 1. The van der Waals surface area contributed by atoms with Crippen LogP contribution in [0.3, 0.4) is 0 Å². The van der Waals surface area contributed by atoms with E-state index in [1.165, 1.54) is 11.1 Å². The molecule has 0 radical (unpaired) electrons. The molecule has 1 saturated carbocycles. The summed E-state index contributed by atoms with van der Waals surface area (Å²) < 4.78 is 12.0. The highest BCUT2D eigenvalue weighted by molar-refractivity contribution is 5.81. The maximum Gasteiger partial charge on any atom is 0.313 e. The molecule has 146 valence electrons. The van der Waals surface area contributed by atoms with Crippen molar-refractivity contribution < 1.29 is 19.4 Å². The third-order valence-electron chi connectivity index (χ3n) is 7.21. The Kier molecular flexibility index (Phi) is 4.89. The van der Waals surface area contributed by atoms with Crippen molar-refractivity contribution in [3.05, 3.63) is 47.5 Å². The molecule has 0 amide bonds. The predicted molar refractivity (Wildman–Crippen MR) is 103 cm³/mol. The van der Waals surface area contributed by atoms with E-state index in [1.54, 1.807) is 0 Å². The van der Waals surface area contributed by atoms with E-state index in [2.05, 4.69) is 32.1 Å². The molecular weight excluding hydrogens is 340 g/mol. The number of esters is 1. The Morgan fingerprint density at radius 1 is 1.30 bits per heavy atom. The molecule has 2 aliphatic carbocycles. The Balaban J connectivity index is 1.57.